The van der Waals surface area contributed by atoms with E-state index in [-0.39, 0.29) is 18.0 Å². The van der Waals surface area contributed by atoms with Crippen LogP contribution >= 0.6 is 11.3 Å². The first kappa shape index (κ1) is 15.7. The first-order valence-electron chi connectivity index (χ1n) is 8.34. The maximum Gasteiger partial charge on any atom is 0.244 e. The molecule has 2 aromatic rings. The minimum atomic E-state index is 0.00243. The molecule has 2 atom stereocenters. The predicted octanol–water partition coefficient (Wildman–Crippen LogP) is 3.36. The van der Waals surface area contributed by atoms with Crippen LogP contribution in [0.1, 0.15) is 21.7 Å². The Kier molecular flexibility index (Phi) is 3.85. The van der Waals surface area contributed by atoms with Gasteiger partial charge in [0.15, 0.2) is 0 Å². The second-order valence-electron chi connectivity index (χ2n) is 6.73. The molecule has 126 valence electrons. The lowest BCUT2D eigenvalue weighted by atomic mass is 10.1. The van der Waals surface area contributed by atoms with Crippen molar-refractivity contribution in [2.75, 3.05) is 18.6 Å². The molecule has 2 saturated heterocycles. The third-order valence-electron chi connectivity index (χ3n) is 5.02. The van der Waals surface area contributed by atoms with Gasteiger partial charge in [-0.3, -0.25) is 9.69 Å². The van der Waals surface area contributed by atoms with Crippen LogP contribution in [0.15, 0.2) is 30.3 Å². The molecule has 0 aliphatic carbocycles. The van der Waals surface area contributed by atoms with Crippen molar-refractivity contribution in [3.8, 4) is 5.75 Å². The van der Waals surface area contributed by atoms with Crippen LogP contribution in [0.5, 0.6) is 5.75 Å². The second kappa shape index (κ2) is 5.90. The lowest BCUT2D eigenvalue weighted by Crippen LogP contribution is -2.50. The minimum Gasteiger partial charge on any atom is -0.495 e. The van der Waals surface area contributed by atoms with Gasteiger partial charge < -0.3 is 9.64 Å². The molecule has 0 saturated carbocycles. The third-order valence-corrected chi connectivity index (χ3v) is 6.00. The van der Waals surface area contributed by atoms with Gasteiger partial charge in [-0.05, 0) is 50.1 Å². The zero-order valence-corrected chi connectivity index (χ0v) is 15.1. The highest BCUT2D eigenvalue weighted by Gasteiger charge is 2.50. The van der Waals surface area contributed by atoms with E-state index in [0.29, 0.717) is 0 Å². The number of thiophene rings is 1. The predicted molar refractivity (Wildman–Crippen MR) is 96.9 cm³/mol. The van der Waals surface area contributed by atoms with Crippen molar-refractivity contribution in [1.82, 2.24) is 4.90 Å². The molecule has 0 radical (unpaired) electrons. The van der Waals surface area contributed by atoms with Crippen molar-refractivity contribution in [3.63, 3.8) is 0 Å². The van der Waals surface area contributed by atoms with Crippen molar-refractivity contribution in [2.24, 2.45) is 0 Å². The standard InChI is InChI=1S/C19H22N2O2S/c1-12-4-7-18(23-3)16(8-12)21-14-9-17(19(21)22)20(10-14)11-15-6-5-13(2)24-15/h4-8,14,17H,9-11H2,1-3H3/t14-,17-/m0/s1. The van der Waals surface area contributed by atoms with Crippen molar-refractivity contribution >= 4 is 22.9 Å². The second-order valence-corrected chi connectivity index (χ2v) is 8.10. The lowest BCUT2D eigenvalue weighted by Gasteiger charge is -2.34. The maximum absolute atomic E-state index is 13.0. The number of hydrogen-bond acceptors (Lipinski definition) is 4. The fourth-order valence-corrected chi connectivity index (χ4v) is 4.83. The number of carbonyl (C=O) groups is 1. The third kappa shape index (κ3) is 2.52. The Morgan fingerprint density at radius 1 is 1.25 bits per heavy atom. The van der Waals surface area contributed by atoms with Gasteiger partial charge >= 0.3 is 0 Å². The summed E-state index contributed by atoms with van der Waals surface area (Å²) in [4.78, 5) is 19.9. The molecule has 4 rings (SSSR count). The van der Waals surface area contributed by atoms with Gasteiger partial charge in [-0.2, -0.15) is 0 Å². The number of likely N-dealkylation sites (tertiary alicyclic amines) is 1. The van der Waals surface area contributed by atoms with Crippen LogP contribution in [0.2, 0.25) is 0 Å². The minimum absolute atomic E-state index is 0.00243. The van der Waals surface area contributed by atoms with Gasteiger partial charge in [0.1, 0.15) is 5.75 Å². The summed E-state index contributed by atoms with van der Waals surface area (Å²) in [7, 11) is 1.67. The number of benzene rings is 1. The topological polar surface area (TPSA) is 32.8 Å². The zero-order chi connectivity index (χ0) is 16.8. The molecule has 2 aliphatic heterocycles. The van der Waals surface area contributed by atoms with E-state index in [1.807, 2.05) is 35.3 Å². The highest BCUT2D eigenvalue weighted by atomic mass is 32.1. The van der Waals surface area contributed by atoms with E-state index >= 15 is 0 Å². The van der Waals surface area contributed by atoms with E-state index in [9.17, 15) is 4.79 Å². The quantitative estimate of drug-likeness (QED) is 0.854. The Bertz CT molecular complexity index is 785. The molecular formula is C19H22N2O2S. The maximum atomic E-state index is 13.0. The summed E-state index contributed by atoms with van der Waals surface area (Å²) in [6, 6.07) is 10.6. The van der Waals surface area contributed by atoms with Crippen molar-refractivity contribution in [1.29, 1.82) is 0 Å². The van der Waals surface area contributed by atoms with Gasteiger partial charge in [-0.25, -0.2) is 0 Å². The number of piperazine rings is 1. The summed E-state index contributed by atoms with van der Waals surface area (Å²) in [5, 5.41) is 0. The molecule has 0 spiro atoms. The molecule has 0 unspecified atom stereocenters. The molecule has 1 aromatic carbocycles. The molecule has 2 bridgehead atoms. The van der Waals surface area contributed by atoms with Gasteiger partial charge in [0.25, 0.3) is 0 Å². The molecular weight excluding hydrogens is 320 g/mol. The Morgan fingerprint density at radius 3 is 2.75 bits per heavy atom. The summed E-state index contributed by atoms with van der Waals surface area (Å²) in [5.74, 6) is 0.991. The van der Waals surface area contributed by atoms with E-state index in [4.69, 9.17) is 4.74 Å². The number of anilines is 1. The number of methoxy groups -OCH3 is 1. The first-order valence-corrected chi connectivity index (χ1v) is 9.15. The monoisotopic (exact) mass is 342 g/mol. The van der Waals surface area contributed by atoms with Crippen molar-refractivity contribution in [3.05, 3.63) is 45.6 Å². The molecule has 0 N–H and O–H groups in total. The average molecular weight is 342 g/mol. The van der Waals surface area contributed by atoms with Gasteiger partial charge in [0.05, 0.1) is 24.9 Å². The molecule has 1 aromatic heterocycles. The van der Waals surface area contributed by atoms with Crippen molar-refractivity contribution in [2.45, 2.75) is 38.9 Å². The van der Waals surface area contributed by atoms with Crippen LogP contribution in [-0.4, -0.2) is 36.5 Å². The highest BCUT2D eigenvalue weighted by molar-refractivity contribution is 7.11. The number of aryl methyl sites for hydroxylation is 2. The number of amides is 1. The van der Waals surface area contributed by atoms with E-state index in [1.54, 1.807) is 7.11 Å². The smallest absolute Gasteiger partial charge is 0.244 e. The summed E-state index contributed by atoms with van der Waals surface area (Å²) in [6.07, 6.45) is 0.917. The van der Waals surface area contributed by atoms with Crippen molar-refractivity contribution < 1.29 is 9.53 Å². The van der Waals surface area contributed by atoms with E-state index < -0.39 is 0 Å². The normalized spacial score (nSPS) is 23.3. The van der Waals surface area contributed by atoms with Crippen LogP contribution in [-0.2, 0) is 11.3 Å². The van der Waals surface area contributed by atoms with Crippen LogP contribution in [0.25, 0.3) is 0 Å². The molecule has 4 nitrogen and oxygen atoms in total. The molecule has 2 fully saturated rings. The van der Waals surface area contributed by atoms with E-state index in [2.05, 4.69) is 30.0 Å². The Morgan fingerprint density at radius 2 is 2.08 bits per heavy atom. The van der Waals surface area contributed by atoms with Crippen LogP contribution in [0.4, 0.5) is 5.69 Å². The van der Waals surface area contributed by atoms with Crippen LogP contribution in [0, 0.1) is 13.8 Å². The number of rotatable bonds is 4. The number of carbonyl (C=O) groups excluding carboxylic acids is 1. The fourth-order valence-electron chi connectivity index (χ4n) is 3.91. The van der Waals surface area contributed by atoms with Crippen LogP contribution in [0.3, 0.4) is 0 Å². The SMILES string of the molecule is COc1ccc(C)cc1N1C(=O)[C@@H]2C[C@H]1CN2Cc1ccc(C)s1. The van der Waals surface area contributed by atoms with Crippen LogP contribution < -0.4 is 9.64 Å². The van der Waals surface area contributed by atoms with Gasteiger partial charge in [0.2, 0.25) is 5.91 Å². The number of ether oxygens (including phenoxy) is 1. The van der Waals surface area contributed by atoms with Gasteiger partial charge in [-0.1, -0.05) is 6.07 Å². The molecule has 1 amide bonds. The molecule has 2 aliphatic rings. The number of nitrogens with zero attached hydrogens (tertiary/aromatic N) is 2. The van der Waals surface area contributed by atoms with E-state index in [0.717, 1.165) is 36.5 Å². The number of hydrogen-bond donors (Lipinski definition) is 0. The summed E-state index contributed by atoms with van der Waals surface area (Å²) < 4.78 is 5.49. The van der Waals surface area contributed by atoms with Gasteiger partial charge in [0, 0.05) is 22.8 Å². The highest BCUT2D eigenvalue weighted by Crippen LogP contribution is 2.41. The first-order chi connectivity index (χ1) is 11.6. The Labute approximate surface area is 146 Å². The summed E-state index contributed by atoms with van der Waals surface area (Å²) in [6.45, 7) is 5.99. The summed E-state index contributed by atoms with van der Waals surface area (Å²) >= 11 is 1.82. The van der Waals surface area contributed by atoms with E-state index in [1.165, 1.54) is 9.75 Å². The average Bonchev–Trinajstić information content (AvgIpc) is 3.22. The largest absolute Gasteiger partial charge is 0.495 e. The lowest BCUT2D eigenvalue weighted by molar-refractivity contribution is -0.122. The molecule has 5 heteroatoms. The summed E-state index contributed by atoms with van der Waals surface area (Å²) in [5.41, 5.74) is 2.06. The van der Waals surface area contributed by atoms with Gasteiger partial charge in [-0.15, -0.1) is 11.3 Å². The fraction of sp³-hybridized carbons (Fsp3) is 0.421. The Balaban J connectivity index is 1.57. The molecule has 3 heterocycles. The molecule has 24 heavy (non-hydrogen) atoms. The zero-order valence-electron chi connectivity index (χ0n) is 14.3. The number of fused-ring (bicyclic) bond motifs is 2. The Hall–Kier alpha value is -1.85.